The Hall–Kier alpha value is -3.35. The molecule has 5 rings (SSSR count). The zero-order chi connectivity index (χ0) is 27.9. The number of alkyl halides is 3. The summed E-state index contributed by atoms with van der Waals surface area (Å²) in [5, 5.41) is 13.5. The van der Waals surface area contributed by atoms with Crippen molar-refractivity contribution in [2.45, 2.75) is 31.6 Å². The number of nitrogens with zero attached hydrogens (tertiary/aromatic N) is 4. The van der Waals surface area contributed by atoms with E-state index in [0.29, 0.717) is 42.4 Å². The molecular formula is C26H22ClF3N4O4S. The summed E-state index contributed by atoms with van der Waals surface area (Å²) in [6.07, 6.45) is -0.398. The van der Waals surface area contributed by atoms with Crippen molar-refractivity contribution in [1.29, 1.82) is 0 Å². The molecule has 0 spiro atoms. The van der Waals surface area contributed by atoms with Gasteiger partial charge in [0.15, 0.2) is 0 Å². The summed E-state index contributed by atoms with van der Waals surface area (Å²) < 4.78 is 42.0. The molecule has 3 aromatic rings. The van der Waals surface area contributed by atoms with E-state index < -0.39 is 17.7 Å². The number of carbonyl (C=O) groups excluding carboxylic acids is 2. The minimum absolute atomic E-state index is 0.00546. The summed E-state index contributed by atoms with van der Waals surface area (Å²) in [4.78, 5) is 40.0. The van der Waals surface area contributed by atoms with E-state index >= 15 is 0 Å². The molecule has 2 aromatic carbocycles. The number of carboxylic acids is 1. The third kappa shape index (κ3) is 5.82. The monoisotopic (exact) mass is 578 g/mol. The molecule has 2 amide bonds. The number of piperidine rings is 1. The van der Waals surface area contributed by atoms with Crippen molar-refractivity contribution in [2.75, 3.05) is 19.6 Å². The lowest BCUT2D eigenvalue weighted by Gasteiger charge is -2.34. The highest BCUT2D eigenvalue weighted by Crippen LogP contribution is 2.37. The molecule has 0 radical (unpaired) electrons. The van der Waals surface area contributed by atoms with Gasteiger partial charge in [0.1, 0.15) is 0 Å². The van der Waals surface area contributed by atoms with Crippen LogP contribution < -0.4 is 0 Å². The third-order valence-electron chi connectivity index (χ3n) is 6.77. The molecule has 8 nitrogen and oxygen atoms in total. The van der Waals surface area contributed by atoms with Crippen molar-refractivity contribution in [2.24, 2.45) is 0 Å². The molecule has 13 heteroatoms. The van der Waals surface area contributed by atoms with E-state index in [9.17, 15) is 27.6 Å². The van der Waals surface area contributed by atoms with Crippen LogP contribution in [0.4, 0.5) is 18.0 Å². The van der Waals surface area contributed by atoms with Crippen molar-refractivity contribution in [1.82, 2.24) is 19.6 Å². The van der Waals surface area contributed by atoms with Gasteiger partial charge in [-0.05, 0) is 66.1 Å². The van der Waals surface area contributed by atoms with Gasteiger partial charge in [0.25, 0.3) is 11.1 Å². The van der Waals surface area contributed by atoms with Gasteiger partial charge in [-0.3, -0.25) is 28.9 Å². The third-order valence-corrected chi connectivity index (χ3v) is 7.88. The molecule has 0 atom stereocenters. The number of thioether (sulfide) groups is 1. The largest absolute Gasteiger partial charge is 0.480 e. The lowest BCUT2D eigenvalue weighted by Crippen LogP contribution is -2.47. The molecule has 0 saturated carbocycles. The van der Waals surface area contributed by atoms with Gasteiger partial charge in [0.2, 0.25) is 0 Å². The quantitative estimate of drug-likeness (QED) is 0.394. The summed E-state index contributed by atoms with van der Waals surface area (Å²) in [5.74, 6) is -1.30. The van der Waals surface area contributed by atoms with Gasteiger partial charge in [0.05, 0.1) is 35.3 Å². The van der Waals surface area contributed by atoms with Crippen molar-refractivity contribution in [3.63, 3.8) is 0 Å². The van der Waals surface area contributed by atoms with Crippen LogP contribution in [-0.2, 0) is 22.3 Å². The minimum Gasteiger partial charge on any atom is -0.480 e. The summed E-state index contributed by atoms with van der Waals surface area (Å²) in [5.41, 5.74) is 0.463. The number of amides is 2. The van der Waals surface area contributed by atoms with E-state index in [2.05, 4.69) is 5.10 Å². The first kappa shape index (κ1) is 27.2. The molecule has 3 heterocycles. The Morgan fingerprint density at radius 3 is 2.59 bits per heavy atom. The second-order valence-corrected chi connectivity index (χ2v) is 10.8. The number of aliphatic carboxylic acids is 1. The Labute approximate surface area is 230 Å². The highest BCUT2D eigenvalue weighted by molar-refractivity contribution is 8.18. The van der Waals surface area contributed by atoms with Crippen molar-refractivity contribution in [3.05, 3.63) is 69.2 Å². The van der Waals surface area contributed by atoms with Gasteiger partial charge in [-0.15, -0.1) is 0 Å². The molecule has 204 valence electrons. The maximum absolute atomic E-state index is 13.5. The van der Waals surface area contributed by atoms with Crippen molar-refractivity contribution < 1.29 is 32.7 Å². The first-order valence-corrected chi connectivity index (χ1v) is 13.2. The van der Waals surface area contributed by atoms with Gasteiger partial charge < -0.3 is 5.11 Å². The smallest absolute Gasteiger partial charge is 0.416 e. The first-order chi connectivity index (χ1) is 18.5. The number of likely N-dealkylation sites (tertiary alicyclic amines) is 1. The second kappa shape index (κ2) is 10.7. The van der Waals surface area contributed by atoms with Gasteiger partial charge in [0, 0.05) is 29.5 Å². The topological polar surface area (TPSA) is 95.7 Å². The number of rotatable bonds is 6. The Balaban J connectivity index is 1.32. The van der Waals surface area contributed by atoms with Gasteiger partial charge in [-0.25, -0.2) is 0 Å². The maximum Gasteiger partial charge on any atom is 0.416 e. The Kier molecular flexibility index (Phi) is 7.45. The van der Waals surface area contributed by atoms with Gasteiger partial charge in [-0.2, -0.15) is 18.3 Å². The molecule has 0 aliphatic carbocycles. The first-order valence-electron chi connectivity index (χ1n) is 12.0. The summed E-state index contributed by atoms with van der Waals surface area (Å²) >= 11 is 6.63. The van der Waals surface area contributed by atoms with Crippen LogP contribution in [0.2, 0.25) is 5.02 Å². The Morgan fingerprint density at radius 2 is 1.90 bits per heavy atom. The second-order valence-electron chi connectivity index (χ2n) is 9.37. The van der Waals surface area contributed by atoms with Crippen LogP contribution in [0.1, 0.15) is 29.5 Å². The van der Waals surface area contributed by atoms with Crippen LogP contribution in [0.3, 0.4) is 0 Å². The maximum atomic E-state index is 13.5. The molecule has 2 fully saturated rings. The molecule has 0 bridgehead atoms. The fraction of sp³-hybridized carbons (Fsp3) is 0.308. The van der Waals surface area contributed by atoms with E-state index in [1.165, 1.54) is 27.9 Å². The molecule has 2 aliphatic heterocycles. The highest BCUT2D eigenvalue weighted by Gasteiger charge is 2.41. The van der Waals surface area contributed by atoms with Crippen LogP contribution in [0.15, 0.2) is 47.5 Å². The number of halogens is 4. The number of benzene rings is 2. The summed E-state index contributed by atoms with van der Waals surface area (Å²) in [6, 6.07) is 8.52. The van der Waals surface area contributed by atoms with Crippen molar-refractivity contribution >= 4 is 57.5 Å². The molecule has 1 N–H and O–H groups in total. The fourth-order valence-electron chi connectivity index (χ4n) is 4.91. The minimum atomic E-state index is -4.56. The number of carbonyl (C=O) groups is 3. The number of imide groups is 1. The average Bonchev–Trinajstić information content (AvgIpc) is 3.39. The fourth-order valence-corrected chi connectivity index (χ4v) is 5.98. The predicted octanol–water partition coefficient (Wildman–Crippen LogP) is 5.34. The van der Waals surface area contributed by atoms with Gasteiger partial charge in [-0.1, -0.05) is 23.7 Å². The molecule has 1 aromatic heterocycles. The number of fused-ring (bicyclic) bond motifs is 1. The normalized spacial score (nSPS) is 18.6. The zero-order valence-electron chi connectivity index (χ0n) is 20.3. The van der Waals surface area contributed by atoms with Crippen LogP contribution in [-0.4, -0.2) is 67.5 Å². The zero-order valence-corrected chi connectivity index (χ0v) is 21.9. The number of carboxylic acid groups (broad SMARTS) is 1. The molecule has 39 heavy (non-hydrogen) atoms. The number of aromatic nitrogens is 2. The average molecular weight is 579 g/mol. The van der Waals surface area contributed by atoms with E-state index in [1.54, 1.807) is 29.2 Å². The molecule has 2 saturated heterocycles. The van der Waals surface area contributed by atoms with E-state index in [4.69, 9.17) is 16.7 Å². The van der Waals surface area contributed by atoms with Crippen LogP contribution in [0, 0.1) is 0 Å². The predicted molar refractivity (Wildman–Crippen MR) is 140 cm³/mol. The van der Waals surface area contributed by atoms with Crippen LogP contribution >= 0.6 is 23.4 Å². The molecule has 0 unspecified atom stereocenters. The van der Waals surface area contributed by atoms with Crippen LogP contribution in [0.5, 0.6) is 0 Å². The van der Waals surface area contributed by atoms with E-state index in [1.807, 2.05) is 0 Å². The molecular weight excluding hydrogens is 557 g/mol. The lowest BCUT2D eigenvalue weighted by atomic mass is 10.0. The lowest BCUT2D eigenvalue weighted by molar-refractivity contribution is -0.139. The molecule has 2 aliphatic rings. The Bertz CT molecular complexity index is 1500. The van der Waals surface area contributed by atoms with Crippen molar-refractivity contribution in [3.8, 4) is 0 Å². The summed E-state index contributed by atoms with van der Waals surface area (Å²) in [6.45, 7) is 0.785. The standard InChI is InChI=1S/C26H22ClF3N4O4S/c27-18-3-2-16(20(11-18)26(28,29)30)13-33-21-4-1-15(9-17(21)12-31-33)10-22-24(37)34(25(38)39-22)19-5-7-32(8-6-19)14-23(35)36/h1-4,9-12,19H,5-8,13-14H2,(H,35,36). The number of hydrogen-bond donors (Lipinski definition) is 1. The van der Waals surface area contributed by atoms with E-state index in [-0.39, 0.29) is 45.8 Å². The highest BCUT2D eigenvalue weighted by atomic mass is 35.5. The van der Waals surface area contributed by atoms with Crippen LogP contribution in [0.25, 0.3) is 17.0 Å². The summed E-state index contributed by atoms with van der Waals surface area (Å²) in [7, 11) is 0. The van der Waals surface area contributed by atoms with Gasteiger partial charge >= 0.3 is 12.1 Å². The Morgan fingerprint density at radius 1 is 1.15 bits per heavy atom. The van der Waals surface area contributed by atoms with E-state index in [0.717, 1.165) is 17.8 Å². The number of hydrogen-bond acceptors (Lipinski definition) is 6. The SMILES string of the molecule is O=C(O)CN1CCC(N2C(=O)SC(=Cc3ccc4c(cnn4Cc4ccc(Cl)cc4C(F)(F)F)c3)C2=O)CC1.